The van der Waals surface area contributed by atoms with E-state index in [0.717, 1.165) is 0 Å². The van der Waals surface area contributed by atoms with Gasteiger partial charge >= 0.3 is 0 Å². The lowest BCUT2D eigenvalue weighted by molar-refractivity contribution is 0.0950. The summed E-state index contributed by atoms with van der Waals surface area (Å²) >= 11 is 3.26. The predicted molar refractivity (Wildman–Crippen MR) is 98.6 cm³/mol. The van der Waals surface area contributed by atoms with Gasteiger partial charge in [0.1, 0.15) is 0 Å². The molecule has 0 fully saturated rings. The highest BCUT2D eigenvalue weighted by Crippen LogP contribution is 2.22. The second-order valence-electron chi connectivity index (χ2n) is 5.71. The molecule has 128 valence electrons. The lowest BCUT2D eigenvalue weighted by atomic mass is 10.1. The van der Waals surface area contributed by atoms with Crippen LogP contribution in [0.5, 0.6) is 0 Å². The molecule has 2 rings (SSSR count). The van der Waals surface area contributed by atoms with E-state index in [0.29, 0.717) is 16.9 Å². The molecule has 24 heavy (non-hydrogen) atoms. The normalized spacial score (nSPS) is 11.3. The fourth-order valence-corrected chi connectivity index (χ4v) is 3.68. The predicted octanol–water partition coefficient (Wildman–Crippen LogP) is 3.64. The van der Waals surface area contributed by atoms with E-state index in [4.69, 9.17) is 0 Å². The van der Waals surface area contributed by atoms with Crippen LogP contribution in [-0.4, -0.2) is 20.9 Å². The van der Waals surface area contributed by atoms with E-state index in [9.17, 15) is 13.2 Å². The van der Waals surface area contributed by atoms with Gasteiger partial charge in [-0.25, -0.2) is 8.42 Å². The zero-order valence-electron chi connectivity index (χ0n) is 13.4. The van der Waals surface area contributed by atoms with Gasteiger partial charge in [-0.1, -0.05) is 48.0 Å². The summed E-state index contributed by atoms with van der Waals surface area (Å²) in [6, 6.07) is 12.9. The maximum atomic E-state index is 12.5. The van der Waals surface area contributed by atoms with Gasteiger partial charge in [-0.2, -0.15) is 0 Å². The number of amides is 1. The molecule has 0 unspecified atom stereocenters. The van der Waals surface area contributed by atoms with Gasteiger partial charge in [-0.05, 0) is 36.2 Å². The molecule has 2 N–H and O–H groups in total. The minimum Gasteiger partial charge on any atom is -0.352 e. The molecule has 0 heterocycles. The summed E-state index contributed by atoms with van der Waals surface area (Å²) in [6.07, 6.45) is 0. The highest BCUT2D eigenvalue weighted by molar-refractivity contribution is 9.10. The summed E-state index contributed by atoms with van der Waals surface area (Å²) in [4.78, 5) is 12.4. The third kappa shape index (κ3) is 4.82. The van der Waals surface area contributed by atoms with Gasteiger partial charge in [0.05, 0.1) is 16.1 Å². The first kappa shape index (κ1) is 18.5. The number of nitrogens with one attached hydrogen (secondary N) is 2. The Kier molecular flexibility index (Phi) is 6.01. The molecule has 0 spiro atoms. The lowest BCUT2D eigenvalue weighted by Gasteiger charge is -2.13. The molecular weight excluding hydrogens is 392 g/mol. The molecule has 0 aliphatic rings. The molecule has 2 aromatic rings. The minimum atomic E-state index is -3.78. The number of rotatable bonds is 6. The first-order valence-corrected chi connectivity index (χ1v) is 9.73. The van der Waals surface area contributed by atoms with Crippen LogP contribution in [0.3, 0.4) is 0 Å². The molecule has 0 bridgehead atoms. The van der Waals surface area contributed by atoms with Crippen LogP contribution in [0.4, 0.5) is 5.69 Å². The Morgan fingerprint density at radius 1 is 1.12 bits per heavy atom. The van der Waals surface area contributed by atoms with E-state index in [1.54, 1.807) is 36.4 Å². The number of benzene rings is 2. The molecule has 0 atom stereocenters. The summed E-state index contributed by atoms with van der Waals surface area (Å²) in [6.45, 7) is 4.50. The van der Waals surface area contributed by atoms with Crippen LogP contribution in [0.1, 0.15) is 24.2 Å². The van der Waals surface area contributed by atoms with E-state index < -0.39 is 10.0 Å². The van der Waals surface area contributed by atoms with Crippen LogP contribution in [0.25, 0.3) is 0 Å². The van der Waals surface area contributed by atoms with Crippen molar-refractivity contribution < 1.29 is 13.2 Å². The topological polar surface area (TPSA) is 75.3 Å². The zero-order chi connectivity index (χ0) is 17.7. The van der Waals surface area contributed by atoms with E-state index in [2.05, 4.69) is 26.0 Å². The van der Waals surface area contributed by atoms with Crippen LogP contribution >= 0.6 is 15.9 Å². The molecule has 0 saturated heterocycles. The number of carbonyl (C=O) groups excluding carboxylic acids is 1. The Labute approximate surface area is 150 Å². The maximum absolute atomic E-state index is 12.5. The average molecular weight is 411 g/mol. The Bertz CT molecular complexity index is 835. The highest BCUT2D eigenvalue weighted by atomic mass is 79.9. The molecule has 7 heteroatoms. The molecule has 1 amide bonds. The van der Waals surface area contributed by atoms with Gasteiger partial charge in [-0.3, -0.25) is 9.52 Å². The number of carbonyl (C=O) groups is 1. The molecule has 0 aliphatic heterocycles. The van der Waals surface area contributed by atoms with Crippen molar-refractivity contribution in [2.75, 3.05) is 11.3 Å². The van der Waals surface area contributed by atoms with Gasteiger partial charge in [0, 0.05) is 11.0 Å². The quantitative estimate of drug-likeness (QED) is 0.762. The average Bonchev–Trinajstić information content (AvgIpc) is 2.53. The summed E-state index contributed by atoms with van der Waals surface area (Å²) in [5, 5.41) is 2.79. The standard InChI is InChI=1S/C17H19BrN2O3S/c1-12(2)11-19-17(21)15-8-3-4-9-16(15)20-24(22,23)14-7-5-6-13(18)10-14/h3-10,12,20H,11H2,1-2H3,(H,19,21). The summed E-state index contributed by atoms with van der Waals surface area (Å²) < 4.78 is 28.2. The smallest absolute Gasteiger partial charge is 0.261 e. The second kappa shape index (κ2) is 7.81. The van der Waals surface area contributed by atoms with Crippen LogP contribution < -0.4 is 10.0 Å². The Hall–Kier alpha value is -1.86. The minimum absolute atomic E-state index is 0.120. The summed E-state index contributed by atoms with van der Waals surface area (Å²) in [5.41, 5.74) is 0.537. The van der Waals surface area contributed by atoms with Gasteiger partial charge in [-0.15, -0.1) is 0 Å². The monoisotopic (exact) mass is 410 g/mol. The summed E-state index contributed by atoms with van der Waals surface area (Å²) in [7, 11) is -3.78. The largest absolute Gasteiger partial charge is 0.352 e. The first-order valence-electron chi connectivity index (χ1n) is 7.45. The molecule has 0 saturated carbocycles. The second-order valence-corrected chi connectivity index (χ2v) is 8.31. The molecular formula is C17H19BrN2O3S. The Morgan fingerprint density at radius 3 is 2.50 bits per heavy atom. The van der Waals surface area contributed by atoms with Gasteiger partial charge in [0.25, 0.3) is 15.9 Å². The van der Waals surface area contributed by atoms with Crippen molar-refractivity contribution >= 4 is 37.5 Å². The SMILES string of the molecule is CC(C)CNC(=O)c1ccccc1NS(=O)(=O)c1cccc(Br)c1. The summed E-state index contributed by atoms with van der Waals surface area (Å²) in [5.74, 6) is -0.00397. The van der Waals surface area contributed by atoms with Crippen LogP contribution in [-0.2, 0) is 10.0 Å². The highest BCUT2D eigenvalue weighted by Gasteiger charge is 2.18. The molecule has 2 aromatic carbocycles. The van der Waals surface area contributed by atoms with E-state index >= 15 is 0 Å². The first-order chi connectivity index (χ1) is 11.3. The van der Waals surface area contributed by atoms with E-state index in [1.807, 2.05) is 13.8 Å². The molecule has 0 aliphatic carbocycles. The van der Waals surface area contributed by atoms with Crippen LogP contribution in [0, 0.1) is 5.92 Å². The van der Waals surface area contributed by atoms with Crippen molar-refractivity contribution in [1.82, 2.24) is 5.32 Å². The Balaban J connectivity index is 2.28. The lowest BCUT2D eigenvalue weighted by Crippen LogP contribution is -2.28. The number of hydrogen-bond donors (Lipinski definition) is 2. The van der Waals surface area contributed by atoms with Gasteiger partial charge < -0.3 is 5.32 Å². The third-order valence-electron chi connectivity index (χ3n) is 3.19. The number of anilines is 1. The zero-order valence-corrected chi connectivity index (χ0v) is 15.8. The van der Waals surface area contributed by atoms with E-state index in [1.165, 1.54) is 12.1 Å². The molecule has 0 radical (unpaired) electrons. The van der Waals surface area contributed by atoms with Crippen molar-refractivity contribution in [3.05, 3.63) is 58.6 Å². The van der Waals surface area contributed by atoms with Crippen molar-refractivity contribution in [2.45, 2.75) is 18.7 Å². The van der Waals surface area contributed by atoms with Crippen molar-refractivity contribution in [2.24, 2.45) is 5.92 Å². The number of para-hydroxylation sites is 1. The van der Waals surface area contributed by atoms with Crippen molar-refractivity contribution in [3.8, 4) is 0 Å². The third-order valence-corrected chi connectivity index (χ3v) is 5.05. The van der Waals surface area contributed by atoms with Gasteiger partial charge in [0.2, 0.25) is 0 Å². The number of halogens is 1. The fraction of sp³-hybridized carbons (Fsp3) is 0.235. The number of sulfonamides is 1. The van der Waals surface area contributed by atoms with Crippen LogP contribution in [0.2, 0.25) is 0 Å². The number of hydrogen-bond acceptors (Lipinski definition) is 3. The van der Waals surface area contributed by atoms with Crippen molar-refractivity contribution in [1.29, 1.82) is 0 Å². The fourth-order valence-electron chi connectivity index (χ4n) is 2.00. The molecule has 0 aromatic heterocycles. The Morgan fingerprint density at radius 2 is 1.83 bits per heavy atom. The van der Waals surface area contributed by atoms with Crippen LogP contribution in [0.15, 0.2) is 57.9 Å². The molecule has 5 nitrogen and oxygen atoms in total. The maximum Gasteiger partial charge on any atom is 0.261 e. The van der Waals surface area contributed by atoms with E-state index in [-0.39, 0.29) is 22.1 Å². The van der Waals surface area contributed by atoms with Gasteiger partial charge in [0.15, 0.2) is 0 Å². The van der Waals surface area contributed by atoms with Crippen molar-refractivity contribution in [3.63, 3.8) is 0 Å².